The Morgan fingerprint density at radius 3 is 2.78 bits per heavy atom. The first-order chi connectivity index (χ1) is 8.67. The number of anilines is 1. The van der Waals surface area contributed by atoms with Crippen LogP contribution in [0, 0.1) is 6.92 Å². The summed E-state index contributed by atoms with van der Waals surface area (Å²) in [6, 6.07) is 6.02. The van der Waals surface area contributed by atoms with Gasteiger partial charge in [0, 0.05) is 13.1 Å². The van der Waals surface area contributed by atoms with Gasteiger partial charge < -0.3 is 9.64 Å². The molecule has 0 saturated heterocycles. The van der Waals surface area contributed by atoms with Crippen LogP contribution >= 0.6 is 0 Å². The average Bonchev–Trinajstić information content (AvgIpc) is 2.39. The topological polar surface area (TPSA) is 32.8 Å². The minimum Gasteiger partial charge on any atom is -0.490 e. The van der Waals surface area contributed by atoms with Gasteiger partial charge in [0.25, 0.3) is 0 Å². The number of aryl methyl sites for hydroxylation is 1. The molecule has 1 aliphatic rings. The molecule has 98 valence electrons. The van der Waals surface area contributed by atoms with Crippen LogP contribution in [0.1, 0.15) is 19.4 Å². The van der Waals surface area contributed by atoms with Crippen molar-refractivity contribution in [1.82, 2.24) is 4.90 Å². The fraction of sp³-hybridized carbons (Fsp3) is 0.500. The molecule has 4 heteroatoms. The predicted octanol–water partition coefficient (Wildman–Crippen LogP) is 2.66. The molecule has 1 aromatic carbocycles. The minimum absolute atomic E-state index is 0.0650. The third-order valence-electron chi connectivity index (χ3n) is 3.24. The SMILES string of the molecule is CCN(CC)C(=O)N1CCOc2ccc(C)cc21. The van der Waals surface area contributed by atoms with Crippen LogP contribution in [0.5, 0.6) is 5.75 Å². The molecule has 0 radical (unpaired) electrons. The van der Waals surface area contributed by atoms with Gasteiger partial charge in [0.15, 0.2) is 0 Å². The Labute approximate surface area is 108 Å². The molecule has 0 N–H and O–H groups in total. The van der Waals surface area contributed by atoms with E-state index in [-0.39, 0.29) is 6.03 Å². The summed E-state index contributed by atoms with van der Waals surface area (Å²) in [6.07, 6.45) is 0. The van der Waals surface area contributed by atoms with Gasteiger partial charge >= 0.3 is 6.03 Å². The van der Waals surface area contributed by atoms with Gasteiger partial charge in [-0.2, -0.15) is 0 Å². The van der Waals surface area contributed by atoms with Crippen molar-refractivity contribution >= 4 is 11.7 Å². The lowest BCUT2D eigenvalue weighted by Crippen LogP contribution is -2.46. The summed E-state index contributed by atoms with van der Waals surface area (Å²) in [5, 5.41) is 0. The molecule has 0 spiro atoms. The Bertz CT molecular complexity index is 441. The van der Waals surface area contributed by atoms with Crippen molar-refractivity contribution in [2.75, 3.05) is 31.1 Å². The Hall–Kier alpha value is -1.71. The lowest BCUT2D eigenvalue weighted by atomic mass is 10.1. The number of fused-ring (bicyclic) bond motifs is 1. The lowest BCUT2D eigenvalue weighted by Gasteiger charge is -2.33. The number of urea groups is 1. The van der Waals surface area contributed by atoms with Gasteiger partial charge in [-0.15, -0.1) is 0 Å². The van der Waals surface area contributed by atoms with E-state index in [1.54, 1.807) is 0 Å². The highest BCUT2D eigenvalue weighted by Gasteiger charge is 2.26. The molecule has 1 heterocycles. The maximum atomic E-state index is 12.4. The standard InChI is InChI=1S/C14H20N2O2/c1-4-15(5-2)14(17)16-8-9-18-13-7-6-11(3)10-12(13)16/h6-7,10H,4-5,8-9H2,1-3H3. The smallest absolute Gasteiger partial charge is 0.324 e. The van der Waals surface area contributed by atoms with Crippen LogP contribution in [-0.2, 0) is 0 Å². The third kappa shape index (κ3) is 2.28. The molecular formula is C14H20N2O2. The second-order valence-corrected chi connectivity index (χ2v) is 4.43. The van der Waals surface area contributed by atoms with Crippen LogP contribution in [0.15, 0.2) is 18.2 Å². The van der Waals surface area contributed by atoms with Gasteiger partial charge in [-0.25, -0.2) is 4.79 Å². The van der Waals surface area contributed by atoms with Crippen LogP contribution in [-0.4, -0.2) is 37.2 Å². The molecule has 18 heavy (non-hydrogen) atoms. The Morgan fingerprint density at radius 2 is 2.11 bits per heavy atom. The molecule has 0 bridgehead atoms. The molecular weight excluding hydrogens is 228 g/mol. The second kappa shape index (κ2) is 5.29. The van der Waals surface area contributed by atoms with Crippen molar-refractivity contribution < 1.29 is 9.53 Å². The number of hydrogen-bond acceptors (Lipinski definition) is 2. The summed E-state index contributed by atoms with van der Waals surface area (Å²) >= 11 is 0. The number of amides is 2. The third-order valence-corrected chi connectivity index (χ3v) is 3.24. The molecule has 2 rings (SSSR count). The zero-order valence-electron chi connectivity index (χ0n) is 11.3. The van der Waals surface area contributed by atoms with E-state index in [4.69, 9.17) is 4.74 Å². The van der Waals surface area contributed by atoms with E-state index in [0.717, 1.165) is 30.1 Å². The normalized spacial score (nSPS) is 13.8. The number of ether oxygens (including phenoxy) is 1. The van der Waals surface area contributed by atoms with Crippen LogP contribution in [0.3, 0.4) is 0 Å². The van der Waals surface area contributed by atoms with E-state index >= 15 is 0 Å². The number of nitrogens with zero attached hydrogens (tertiary/aromatic N) is 2. The van der Waals surface area contributed by atoms with Crippen molar-refractivity contribution in [2.45, 2.75) is 20.8 Å². The first-order valence-corrected chi connectivity index (χ1v) is 6.47. The van der Waals surface area contributed by atoms with E-state index in [1.165, 1.54) is 0 Å². The first-order valence-electron chi connectivity index (χ1n) is 6.47. The van der Waals surface area contributed by atoms with E-state index in [2.05, 4.69) is 0 Å². The fourth-order valence-corrected chi connectivity index (χ4v) is 2.19. The molecule has 0 aliphatic carbocycles. The summed E-state index contributed by atoms with van der Waals surface area (Å²) in [5.74, 6) is 0.798. The fourth-order valence-electron chi connectivity index (χ4n) is 2.19. The number of rotatable bonds is 2. The van der Waals surface area contributed by atoms with Crippen LogP contribution in [0.25, 0.3) is 0 Å². The van der Waals surface area contributed by atoms with Crippen molar-refractivity contribution in [1.29, 1.82) is 0 Å². The van der Waals surface area contributed by atoms with Crippen molar-refractivity contribution in [3.63, 3.8) is 0 Å². The largest absolute Gasteiger partial charge is 0.490 e. The highest BCUT2D eigenvalue weighted by Crippen LogP contribution is 2.32. The van der Waals surface area contributed by atoms with E-state index in [9.17, 15) is 4.79 Å². The van der Waals surface area contributed by atoms with Gasteiger partial charge in [-0.05, 0) is 38.5 Å². The van der Waals surface area contributed by atoms with Gasteiger partial charge in [-0.3, -0.25) is 4.90 Å². The van der Waals surface area contributed by atoms with E-state index in [1.807, 2.05) is 48.8 Å². The summed E-state index contributed by atoms with van der Waals surface area (Å²) in [7, 11) is 0. The van der Waals surface area contributed by atoms with E-state index in [0.29, 0.717) is 13.2 Å². The Balaban J connectivity index is 2.32. The van der Waals surface area contributed by atoms with Crippen molar-refractivity contribution in [3.05, 3.63) is 23.8 Å². The molecule has 2 amide bonds. The predicted molar refractivity (Wildman–Crippen MR) is 72.3 cm³/mol. The Kier molecular flexibility index (Phi) is 3.75. The van der Waals surface area contributed by atoms with Gasteiger partial charge in [0.2, 0.25) is 0 Å². The molecule has 0 fully saturated rings. The minimum atomic E-state index is 0.0650. The Morgan fingerprint density at radius 1 is 1.39 bits per heavy atom. The summed E-state index contributed by atoms with van der Waals surface area (Å²) < 4.78 is 5.59. The van der Waals surface area contributed by atoms with Crippen molar-refractivity contribution in [2.24, 2.45) is 0 Å². The number of hydrogen-bond donors (Lipinski definition) is 0. The summed E-state index contributed by atoms with van der Waals surface area (Å²) in [6.45, 7) is 8.66. The summed E-state index contributed by atoms with van der Waals surface area (Å²) in [5.41, 5.74) is 2.02. The van der Waals surface area contributed by atoms with Crippen LogP contribution in [0.2, 0.25) is 0 Å². The van der Waals surface area contributed by atoms with Gasteiger partial charge in [0.1, 0.15) is 12.4 Å². The molecule has 4 nitrogen and oxygen atoms in total. The molecule has 0 saturated carbocycles. The average molecular weight is 248 g/mol. The molecule has 0 unspecified atom stereocenters. The second-order valence-electron chi connectivity index (χ2n) is 4.43. The maximum absolute atomic E-state index is 12.4. The van der Waals surface area contributed by atoms with Crippen molar-refractivity contribution in [3.8, 4) is 5.75 Å². The molecule has 0 aromatic heterocycles. The van der Waals surface area contributed by atoms with Gasteiger partial charge in [-0.1, -0.05) is 6.07 Å². The highest BCUT2D eigenvalue weighted by atomic mass is 16.5. The zero-order chi connectivity index (χ0) is 13.1. The molecule has 1 aliphatic heterocycles. The van der Waals surface area contributed by atoms with Crippen LogP contribution in [0.4, 0.5) is 10.5 Å². The number of carbonyl (C=O) groups is 1. The molecule has 0 atom stereocenters. The highest BCUT2D eigenvalue weighted by molar-refractivity contribution is 5.94. The molecule has 1 aromatic rings. The number of benzene rings is 1. The summed E-state index contributed by atoms with van der Waals surface area (Å²) in [4.78, 5) is 16.1. The lowest BCUT2D eigenvalue weighted by molar-refractivity contribution is 0.205. The quantitative estimate of drug-likeness (QED) is 0.806. The van der Waals surface area contributed by atoms with Gasteiger partial charge in [0.05, 0.1) is 12.2 Å². The maximum Gasteiger partial charge on any atom is 0.324 e. The monoisotopic (exact) mass is 248 g/mol. The number of carbonyl (C=O) groups excluding carboxylic acids is 1. The zero-order valence-corrected chi connectivity index (χ0v) is 11.3. The first kappa shape index (κ1) is 12.7. The van der Waals surface area contributed by atoms with Crippen LogP contribution < -0.4 is 9.64 Å². The van der Waals surface area contributed by atoms with E-state index < -0.39 is 0 Å².